The van der Waals surface area contributed by atoms with Crippen LogP contribution in [0.5, 0.6) is 11.5 Å². The van der Waals surface area contributed by atoms with E-state index in [0.29, 0.717) is 24.7 Å². The van der Waals surface area contributed by atoms with E-state index in [-0.39, 0.29) is 11.6 Å². The first-order valence-electron chi connectivity index (χ1n) is 7.44. The van der Waals surface area contributed by atoms with E-state index >= 15 is 0 Å². The van der Waals surface area contributed by atoms with Crippen molar-refractivity contribution >= 4 is 17.8 Å². The first kappa shape index (κ1) is 17.9. The maximum Gasteiger partial charge on any atom is 0.269 e. The molecule has 8 nitrogen and oxygen atoms in total. The van der Waals surface area contributed by atoms with Crippen molar-refractivity contribution in [1.29, 1.82) is 0 Å². The molecule has 0 spiro atoms. The third-order valence-corrected chi connectivity index (χ3v) is 2.96. The molecule has 1 N–H and O–H groups in total. The minimum absolute atomic E-state index is 0.0151. The van der Waals surface area contributed by atoms with Gasteiger partial charge in [0.1, 0.15) is 24.7 Å². The first-order chi connectivity index (χ1) is 12.0. The summed E-state index contributed by atoms with van der Waals surface area (Å²) < 4.78 is 11.0. The molecule has 0 aromatic heterocycles. The third kappa shape index (κ3) is 6.30. The summed E-state index contributed by atoms with van der Waals surface area (Å²) in [5, 5.41) is 14.4. The number of nitro groups is 1. The highest BCUT2D eigenvalue weighted by Crippen LogP contribution is 2.17. The van der Waals surface area contributed by atoms with Gasteiger partial charge in [-0.1, -0.05) is 12.1 Å². The van der Waals surface area contributed by atoms with E-state index < -0.39 is 4.92 Å². The van der Waals surface area contributed by atoms with Crippen molar-refractivity contribution in [3.05, 3.63) is 64.2 Å². The van der Waals surface area contributed by atoms with E-state index in [4.69, 9.17) is 9.47 Å². The van der Waals surface area contributed by atoms with Crippen molar-refractivity contribution in [1.82, 2.24) is 5.43 Å². The summed E-state index contributed by atoms with van der Waals surface area (Å²) in [6.45, 7) is 1.98. The second-order valence-electron chi connectivity index (χ2n) is 4.95. The van der Waals surface area contributed by atoms with Gasteiger partial charge in [-0.05, 0) is 29.8 Å². The molecule has 8 heteroatoms. The van der Waals surface area contributed by atoms with Crippen LogP contribution >= 0.6 is 0 Å². The van der Waals surface area contributed by atoms with Crippen molar-refractivity contribution in [3.8, 4) is 11.5 Å². The highest BCUT2D eigenvalue weighted by atomic mass is 16.6. The van der Waals surface area contributed by atoms with E-state index in [0.717, 1.165) is 5.56 Å². The zero-order valence-electron chi connectivity index (χ0n) is 13.5. The summed E-state index contributed by atoms with van der Waals surface area (Å²) in [6.07, 6.45) is 1.52. The number of carbonyl (C=O) groups is 1. The second kappa shape index (κ2) is 9.02. The van der Waals surface area contributed by atoms with Crippen LogP contribution in [0.4, 0.5) is 5.69 Å². The lowest BCUT2D eigenvalue weighted by Crippen LogP contribution is -2.12. The molecule has 25 heavy (non-hydrogen) atoms. The van der Waals surface area contributed by atoms with E-state index in [9.17, 15) is 14.9 Å². The smallest absolute Gasteiger partial charge is 0.269 e. The van der Waals surface area contributed by atoms with Crippen molar-refractivity contribution in [2.24, 2.45) is 5.10 Å². The lowest BCUT2D eigenvalue weighted by Gasteiger charge is -2.08. The Morgan fingerprint density at radius 3 is 2.48 bits per heavy atom. The fraction of sp³-hybridized carbons (Fsp3) is 0.176. The number of benzene rings is 2. The molecule has 0 radical (unpaired) electrons. The van der Waals surface area contributed by atoms with Crippen LogP contribution in [-0.2, 0) is 4.79 Å². The van der Waals surface area contributed by atoms with Crippen LogP contribution in [-0.4, -0.2) is 30.3 Å². The van der Waals surface area contributed by atoms with Gasteiger partial charge in [0.15, 0.2) is 0 Å². The van der Waals surface area contributed by atoms with Gasteiger partial charge in [0.05, 0.1) is 11.1 Å². The van der Waals surface area contributed by atoms with Crippen LogP contribution in [0, 0.1) is 10.1 Å². The van der Waals surface area contributed by atoms with E-state index in [1.165, 1.54) is 37.4 Å². The Bertz CT molecular complexity index is 759. The molecule has 130 valence electrons. The van der Waals surface area contributed by atoms with Gasteiger partial charge in [0, 0.05) is 19.1 Å². The number of nitro benzene ring substituents is 1. The summed E-state index contributed by atoms with van der Waals surface area (Å²) in [7, 11) is 0. The molecule has 0 aliphatic carbocycles. The number of hydrogen-bond donors (Lipinski definition) is 1. The molecular formula is C17H17N3O5. The SMILES string of the molecule is CC(=O)N/N=C\c1cccc(OCCOc2ccc([N+](=O)[O-])cc2)c1. The largest absolute Gasteiger partial charge is 0.490 e. The van der Waals surface area contributed by atoms with E-state index in [2.05, 4.69) is 10.5 Å². The van der Waals surface area contributed by atoms with Gasteiger partial charge in [-0.25, -0.2) is 5.43 Å². The van der Waals surface area contributed by atoms with Crippen LogP contribution < -0.4 is 14.9 Å². The number of hydrazone groups is 1. The Hall–Kier alpha value is -3.42. The number of amides is 1. The first-order valence-corrected chi connectivity index (χ1v) is 7.44. The highest BCUT2D eigenvalue weighted by molar-refractivity contribution is 5.82. The standard InChI is InChI=1S/C17H17N3O5/c1-13(21)19-18-12-14-3-2-4-17(11-14)25-10-9-24-16-7-5-15(6-8-16)20(22)23/h2-8,11-12H,9-10H2,1H3,(H,19,21)/b18-12-. The van der Waals surface area contributed by atoms with E-state index in [1.54, 1.807) is 12.1 Å². The fourth-order valence-electron chi connectivity index (χ4n) is 1.87. The minimum Gasteiger partial charge on any atom is -0.490 e. The Kier molecular flexibility index (Phi) is 6.47. The average Bonchev–Trinajstić information content (AvgIpc) is 2.59. The Labute approximate surface area is 144 Å². The van der Waals surface area contributed by atoms with Crippen LogP contribution in [0.25, 0.3) is 0 Å². The molecule has 2 aromatic rings. The topological polar surface area (TPSA) is 103 Å². The summed E-state index contributed by atoms with van der Waals surface area (Å²) in [6, 6.07) is 13.0. The fourth-order valence-corrected chi connectivity index (χ4v) is 1.87. The molecule has 0 aliphatic rings. The lowest BCUT2D eigenvalue weighted by molar-refractivity contribution is -0.384. The van der Waals surface area contributed by atoms with Crippen molar-refractivity contribution in [2.45, 2.75) is 6.92 Å². The number of rotatable bonds is 8. The maximum atomic E-state index is 10.7. The monoisotopic (exact) mass is 343 g/mol. The van der Waals surface area contributed by atoms with Crippen LogP contribution in [0.15, 0.2) is 53.6 Å². The van der Waals surface area contributed by atoms with Crippen molar-refractivity contribution in [2.75, 3.05) is 13.2 Å². The van der Waals surface area contributed by atoms with Crippen LogP contribution in [0.1, 0.15) is 12.5 Å². The summed E-state index contributed by atoms with van der Waals surface area (Å²) in [5.74, 6) is 0.927. The van der Waals surface area contributed by atoms with Crippen LogP contribution in [0.3, 0.4) is 0 Å². The zero-order valence-corrected chi connectivity index (χ0v) is 13.5. The number of nitrogens with zero attached hydrogens (tertiary/aromatic N) is 2. The molecule has 0 saturated heterocycles. The normalized spacial score (nSPS) is 10.4. The van der Waals surface area contributed by atoms with Gasteiger partial charge in [-0.15, -0.1) is 0 Å². The molecule has 1 amide bonds. The molecule has 0 atom stereocenters. The number of non-ortho nitro benzene ring substituents is 1. The van der Waals surface area contributed by atoms with Crippen LogP contribution in [0.2, 0.25) is 0 Å². The molecule has 2 rings (SSSR count). The molecule has 0 saturated carbocycles. The Balaban J connectivity index is 1.78. The molecule has 0 heterocycles. The average molecular weight is 343 g/mol. The highest BCUT2D eigenvalue weighted by Gasteiger charge is 2.04. The Morgan fingerprint density at radius 1 is 1.16 bits per heavy atom. The van der Waals surface area contributed by atoms with Gasteiger partial charge in [-0.3, -0.25) is 14.9 Å². The maximum absolute atomic E-state index is 10.7. The van der Waals surface area contributed by atoms with Gasteiger partial charge in [0.2, 0.25) is 5.91 Å². The van der Waals surface area contributed by atoms with E-state index in [1.807, 2.05) is 12.1 Å². The van der Waals surface area contributed by atoms with Gasteiger partial charge < -0.3 is 9.47 Å². The predicted molar refractivity (Wildman–Crippen MR) is 91.9 cm³/mol. The molecular weight excluding hydrogens is 326 g/mol. The summed E-state index contributed by atoms with van der Waals surface area (Å²) in [5.41, 5.74) is 3.12. The predicted octanol–water partition coefficient (Wildman–Crippen LogP) is 2.52. The van der Waals surface area contributed by atoms with Gasteiger partial charge in [-0.2, -0.15) is 5.10 Å². The minimum atomic E-state index is -0.463. The second-order valence-corrected chi connectivity index (χ2v) is 4.95. The summed E-state index contributed by atoms with van der Waals surface area (Å²) >= 11 is 0. The molecule has 0 bridgehead atoms. The molecule has 0 aliphatic heterocycles. The zero-order chi connectivity index (χ0) is 18.1. The number of carbonyl (C=O) groups excluding carboxylic acids is 1. The van der Waals surface area contributed by atoms with Crippen molar-refractivity contribution < 1.29 is 19.2 Å². The Morgan fingerprint density at radius 2 is 1.84 bits per heavy atom. The third-order valence-electron chi connectivity index (χ3n) is 2.96. The number of nitrogens with one attached hydrogen (secondary N) is 1. The number of ether oxygens (including phenoxy) is 2. The molecule has 0 fully saturated rings. The molecule has 2 aromatic carbocycles. The lowest BCUT2D eigenvalue weighted by atomic mass is 10.2. The summed E-state index contributed by atoms with van der Waals surface area (Å²) in [4.78, 5) is 20.9. The van der Waals surface area contributed by atoms with Gasteiger partial charge in [0.25, 0.3) is 5.69 Å². The number of hydrogen-bond acceptors (Lipinski definition) is 6. The van der Waals surface area contributed by atoms with Gasteiger partial charge >= 0.3 is 0 Å². The molecule has 0 unspecified atom stereocenters. The van der Waals surface area contributed by atoms with Crippen molar-refractivity contribution in [3.63, 3.8) is 0 Å². The quantitative estimate of drug-likeness (QED) is 0.343.